The van der Waals surface area contributed by atoms with Gasteiger partial charge in [-0.05, 0) is 12.5 Å². The van der Waals surface area contributed by atoms with Crippen molar-refractivity contribution in [2.45, 2.75) is 0 Å². The first kappa shape index (κ1) is 9.65. The van der Waals surface area contributed by atoms with E-state index in [0.717, 1.165) is 18.8 Å². The highest BCUT2D eigenvalue weighted by Crippen LogP contribution is 2.20. The highest BCUT2D eigenvalue weighted by Gasteiger charge is 2.27. The van der Waals surface area contributed by atoms with Crippen molar-refractivity contribution in [2.24, 2.45) is 5.92 Å². The maximum atomic E-state index is 11.4. The number of amides is 1. The minimum atomic E-state index is -0.0797. The molecule has 1 aliphatic rings. The predicted octanol–water partition coefficient (Wildman–Crippen LogP) is 0.892. The second kappa shape index (κ2) is 3.99. The molecule has 2 nitrogen and oxygen atoms in total. The maximum Gasteiger partial charge on any atom is 0.230 e. The molecule has 0 spiro atoms. The van der Waals surface area contributed by atoms with Crippen molar-refractivity contribution < 1.29 is 4.79 Å². The summed E-state index contributed by atoms with van der Waals surface area (Å²) in [5.74, 6) is 1.62. The zero-order valence-electron chi connectivity index (χ0n) is 7.79. The maximum absolute atomic E-state index is 11.4. The van der Waals surface area contributed by atoms with Crippen LogP contribution in [0.15, 0.2) is 12.7 Å². The fraction of sp³-hybridized carbons (Fsp3) is 0.667. The molecule has 0 atom stereocenters. The lowest BCUT2D eigenvalue weighted by molar-refractivity contribution is -0.133. The zero-order valence-corrected chi connectivity index (χ0v) is 8.68. The second-order valence-electron chi connectivity index (χ2n) is 3.53. The first-order valence-electron chi connectivity index (χ1n) is 4.18. The topological polar surface area (TPSA) is 20.3 Å². The molecule has 12 heavy (non-hydrogen) atoms. The van der Waals surface area contributed by atoms with E-state index < -0.39 is 0 Å². The molecule has 70 valence electrons. The molecule has 0 aromatic carbocycles. The Hall–Kier alpha value is -0.440. The van der Waals surface area contributed by atoms with Crippen molar-refractivity contribution in [1.29, 1.82) is 0 Å². The van der Waals surface area contributed by atoms with Gasteiger partial charge >= 0.3 is 0 Å². The summed E-state index contributed by atoms with van der Waals surface area (Å²) in [4.78, 5) is 13.3. The van der Waals surface area contributed by atoms with E-state index in [2.05, 4.69) is 19.1 Å². The Kier molecular flexibility index (Phi) is 3.20. The van der Waals surface area contributed by atoms with Crippen molar-refractivity contribution in [3.63, 3.8) is 0 Å². The lowest BCUT2D eigenvalue weighted by atomic mass is 10.0. The Morgan fingerprint density at radius 3 is 2.67 bits per heavy atom. The molecule has 0 radical (unpaired) electrons. The number of thiol groups is 1. The lowest BCUT2D eigenvalue weighted by Gasteiger charge is -2.38. The summed E-state index contributed by atoms with van der Waals surface area (Å²) < 4.78 is 0. The van der Waals surface area contributed by atoms with Gasteiger partial charge in [-0.2, -0.15) is 0 Å². The minimum absolute atomic E-state index is 0.0797. The summed E-state index contributed by atoms with van der Waals surface area (Å²) in [6, 6.07) is 0. The van der Waals surface area contributed by atoms with Gasteiger partial charge < -0.3 is 4.90 Å². The van der Waals surface area contributed by atoms with Crippen molar-refractivity contribution in [3.05, 3.63) is 12.7 Å². The van der Waals surface area contributed by atoms with Gasteiger partial charge in [-0.25, -0.2) is 0 Å². The van der Waals surface area contributed by atoms with Gasteiger partial charge in [0, 0.05) is 19.0 Å². The predicted molar refractivity (Wildman–Crippen MR) is 56.0 cm³/mol. The molecule has 1 amide bonds. The number of rotatable bonds is 3. The van der Waals surface area contributed by atoms with Crippen LogP contribution >= 0.6 is 10.9 Å². The zero-order chi connectivity index (χ0) is 9.14. The summed E-state index contributed by atoms with van der Waals surface area (Å²) in [5.41, 5.74) is 0. The minimum Gasteiger partial charge on any atom is -0.341 e. The fourth-order valence-corrected chi connectivity index (χ4v) is 1.98. The average Bonchev–Trinajstić information content (AvgIpc) is 1.82. The van der Waals surface area contributed by atoms with Gasteiger partial charge in [-0.1, -0.05) is 6.08 Å². The molecular weight excluding hydrogens is 170 g/mol. The molecule has 0 unspecified atom stereocenters. The number of nitrogens with zero attached hydrogens (tertiary/aromatic N) is 1. The van der Waals surface area contributed by atoms with Crippen molar-refractivity contribution in [1.82, 2.24) is 4.90 Å². The van der Waals surface area contributed by atoms with Crippen LogP contribution in [-0.4, -0.2) is 42.2 Å². The molecule has 1 heterocycles. The van der Waals surface area contributed by atoms with E-state index >= 15 is 0 Å². The van der Waals surface area contributed by atoms with Crippen molar-refractivity contribution in [2.75, 3.05) is 31.4 Å². The first-order chi connectivity index (χ1) is 5.63. The molecule has 0 saturated carbocycles. The van der Waals surface area contributed by atoms with Crippen LogP contribution in [0.2, 0.25) is 0 Å². The molecular formula is C9H17NOS. The molecule has 1 saturated heterocycles. The number of hydrogen-bond donors (Lipinski definition) is 1. The number of likely N-dealkylation sites (tertiary alicyclic amines) is 1. The summed E-state index contributed by atoms with van der Waals surface area (Å²) in [6.07, 6.45) is 6.21. The van der Waals surface area contributed by atoms with Crippen LogP contribution in [0, 0.1) is 5.92 Å². The number of carbonyl (C=O) groups is 1. The van der Waals surface area contributed by atoms with Gasteiger partial charge in [0.15, 0.2) is 0 Å². The van der Waals surface area contributed by atoms with Gasteiger partial charge in [-0.15, -0.1) is 6.58 Å². The Bertz CT molecular complexity index is 185. The fourth-order valence-electron chi connectivity index (χ4n) is 1.24. The van der Waals surface area contributed by atoms with E-state index in [1.54, 1.807) is 0 Å². The normalized spacial score (nSPS) is 18.5. The summed E-state index contributed by atoms with van der Waals surface area (Å²) in [6.45, 7) is 5.49. The molecule has 1 aliphatic heterocycles. The van der Waals surface area contributed by atoms with Crippen LogP contribution in [0.3, 0.4) is 0 Å². The van der Waals surface area contributed by atoms with Gasteiger partial charge in [0.05, 0.1) is 5.75 Å². The second-order valence-corrected chi connectivity index (χ2v) is 6.01. The van der Waals surface area contributed by atoms with E-state index in [1.165, 1.54) is 0 Å². The highest BCUT2D eigenvalue weighted by molar-refractivity contribution is 8.16. The molecule has 1 fully saturated rings. The standard InChI is InChI=1S/C9H17NOS/c1-4-8-5-10(6-8)9(11)7-12(2)3/h4,8,12H,1,5-7H2,2-3H3. The van der Waals surface area contributed by atoms with E-state index in [0.29, 0.717) is 11.8 Å². The highest BCUT2D eigenvalue weighted by atomic mass is 32.2. The Morgan fingerprint density at radius 2 is 2.25 bits per heavy atom. The number of hydrogen-bond acceptors (Lipinski definition) is 1. The quantitative estimate of drug-likeness (QED) is 0.514. The molecule has 0 bridgehead atoms. The van der Waals surface area contributed by atoms with Crippen LogP contribution in [0.1, 0.15) is 0 Å². The van der Waals surface area contributed by atoms with Crippen LogP contribution in [0.5, 0.6) is 0 Å². The van der Waals surface area contributed by atoms with Crippen molar-refractivity contribution in [3.8, 4) is 0 Å². The van der Waals surface area contributed by atoms with E-state index in [9.17, 15) is 4.79 Å². The summed E-state index contributed by atoms with van der Waals surface area (Å²) in [5, 5.41) is 0. The number of carbonyl (C=O) groups excluding carboxylic acids is 1. The van der Waals surface area contributed by atoms with Gasteiger partial charge in [-0.3, -0.25) is 15.7 Å². The van der Waals surface area contributed by atoms with Crippen LogP contribution in [-0.2, 0) is 4.79 Å². The summed E-state index contributed by atoms with van der Waals surface area (Å²) >= 11 is 0. The largest absolute Gasteiger partial charge is 0.341 e. The molecule has 0 aliphatic carbocycles. The summed E-state index contributed by atoms with van der Waals surface area (Å²) in [7, 11) is -0.0797. The van der Waals surface area contributed by atoms with Gasteiger partial charge in [0.25, 0.3) is 0 Å². The van der Waals surface area contributed by atoms with Gasteiger partial charge in [0.2, 0.25) is 5.91 Å². The third-order valence-corrected chi connectivity index (χ3v) is 2.95. The molecule has 3 heteroatoms. The van der Waals surface area contributed by atoms with Crippen molar-refractivity contribution >= 4 is 16.8 Å². The lowest BCUT2D eigenvalue weighted by Crippen LogP contribution is -2.50. The first-order valence-corrected chi connectivity index (χ1v) is 6.60. The third kappa shape index (κ3) is 2.27. The third-order valence-electron chi connectivity index (χ3n) is 2.05. The van der Waals surface area contributed by atoms with Gasteiger partial charge in [0.1, 0.15) is 0 Å². The van der Waals surface area contributed by atoms with Crippen LogP contribution in [0.25, 0.3) is 0 Å². The van der Waals surface area contributed by atoms with E-state index in [-0.39, 0.29) is 10.9 Å². The monoisotopic (exact) mass is 187 g/mol. The van der Waals surface area contributed by atoms with Crippen LogP contribution in [0.4, 0.5) is 0 Å². The molecule has 0 N–H and O–H groups in total. The van der Waals surface area contributed by atoms with E-state index in [4.69, 9.17) is 0 Å². The Balaban J connectivity index is 2.23. The average molecular weight is 187 g/mol. The van der Waals surface area contributed by atoms with Crippen LogP contribution < -0.4 is 0 Å². The molecule has 1 rings (SSSR count). The Morgan fingerprint density at radius 1 is 1.67 bits per heavy atom. The smallest absolute Gasteiger partial charge is 0.230 e. The molecule has 0 aromatic heterocycles. The van der Waals surface area contributed by atoms with E-state index in [1.807, 2.05) is 11.0 Å². The Labute approximate surface area is 77.0 Å². The molecule has 0 aromatic rings. The SMILES string of the molecule is C=CC1CN(C(=O)C[SH](C)C)C1.